The third kappa shape index (κ3) is 3.94. The molecule has 3 amide bonds. The second-order valence-corrected chi connectivity index (χ2v) is 4.90. The smallest absolute Gasteiger partial charge is 0.260 e. The fourth-order valence-electron chi connectivity index (χ4n) is 1.96. The first kappa shape index (κ1) is 15.7. The molecule has 1 aliphatic heterocycles. The molecule has 0 aromatic heterocycles. The van der Waals surface area contributed by atoms with Crippen molar-refractivity contribution in [2.75, 3.05) is 26.2 Å². The van der Waals surface area contributed by atoms with Crippen molar-refractivity contribution < 1.29 is 23.5 Å². The monoisotopic (exact) mass is 309 g/mol. The van der Waals surface area contributed by atoms with Gasteiger partial charge in [0.25, 0.3) is 5.91 Å². The van der Waals surface area contributed by atoms with Gasteiger partial charge in [-0.05, 0) is 12.1 Å². The minimum Gasteiger partial charge on any atom is -0.481 e. The summed E-state index contributed by atoms with van der Waals surface area (Å²) in [6.45, 7) is -0.0373. The highest BCUT2D eigenvalue weighted by Crippen LogP contribution is 2.18. The van der Waals surface area contributed by atoms with Crippen LogP contribution in [0.3, 0.4) is 0 Å². The number of likely N-dealkylation sites (tertiary alicyclic amines) is 1. The molecule has 0 saturated carbocycles. The largest absolute Gasteiger partial charge is 0.481 e. The van der Waals surface area contributed by atoms with E-state index in [9.17, 15) is 18.8 Å². The van der Waals surface area contributed by atoms with Crippen LogP contribution in [0.5, 0.6) is 5.75 Å². The molecule has 118 valence electrons. The Labute approximate surface area is 126 Å². The van der Waals surface area contributed by atoms with Crippen LogP contribution in [0.2, 0.25) is 0 Å². The Bertz CT molecular complexity index is 587. The lowest BCUT2D eigenvalue weighted by molar-refractivity contribution is -0.145. The summed E-state index contributed by atoms with van der Waals surface area (Å²) >= 11 is 0. The summed E-state index contributed by atoms with van der Waals surface area (Å²) < 4.78 is 18.4. The highest BCUT2D eigenvalue weighted by molar-refractivity contribution is 5.87. The maximum atomic E-state index is 13.3. The van der Waals surface area contributed by atoms with Crippen molar-refractivity contribution in [3.05, 3.63) is 30.1 Å². The molecule has 0 bridgehead atoms. The average Bonchev–Trinajstić information content (AvgIpc) is 2.42. The van der Waals surface area contributed by atoms with E-state index < -0.39 is 11.7 Å². The van der Waals surface area contributed by atoms with Crippen LogP contribution in [-0.2, 0) is 14.4 Å². The van der Waals surface area contributed by atoms with Crippen molar-refractivity contribution in [3.8, 4) is 5.75 Å². The standard InChI is InChI=1S/C14H16FN3O4/c15-10-3-1-2-4-11(10)22-8-13(20)18-6-9(7-18)14(21)17-5-12(16)19/h1-4,9H,5-8H2,(H2,16,19)(H,17,21). The number of amides is 3. The third-order valence-corrected chi connectivity index (χ3v) is 3.23. The Morgan fingerprint density at radius 2 is 2.00 bits per heavy atom. The summed E-state index contributed by atoms with van der Waals surface area (Å²) in [7, 11) is 0. The van der Waals surface area contributed by atoms with Crippen LogP contribution in [-0.4, -0.2) is 48.9 Å². The number of hydrogen-bond acceptors (Lipinski definition) is 4. The number of primary amides is 1. The number of carbonyl (C=O) groups is 3. The first-order valence-electron chi connectivity index (χ1n) is 6.68. The van der Waals surface area contributed by atoms with Gasteiger partial charge in [0.05, 0.1) is 12.5 Å². The van der Waals surface area contributed by atoms with E-state index in [-0.39, 0.29) is 49.7 Å². The van der Waals surface area contributed by atoms with E-state index in [1.165, 1.54) is 23.1 Å². The molecule has 0 atom stereocenters. The van der Waals surface area contributed by atoms with Crippen LogP contribution in [0, 0.1) is 11.7 Å². The van der Waals surface area contributed by atoms with Crippen molar-refractivity contribution in [1.82, 2.24) is 10.2 Å². The van der Waals surface area contributed by atoms with Crippen LogP contribution in [0.15, 0.2) is 24.3 Å². The molecule has 0 spiro atoms. The summed E-state index contributed by atoms with van der Waals surface area (Å²) in [4.78, 5) is 35.4. The van der Waals surface area contributed by atoms with Crippen LogP contribution < -0.4 is 15.8 Å². The fraction of sp³-hybridized carbons (Fsp3) is 0.357. The van der Waals surface area contributed by atoms with Gasteiger partial charge in [-0.2, -0.15) is 0 Å². The Morgan fingerprint density at radius 3 is 2.64 bits per heavy atom. The van der Waals surface area contributed by atoms with Gasteiger partial charge >= 0.3 is 0 Å². The van der Waals surface area contributed by atoms with Gasteiger partial charge in [0.1, 0.15) is 0 Å². The Morgan fingerprint density at radius 1 is 1.32 bits per heavy atom. The number of nitrogens with one attached hydrogen (secondary N) is 1. The highest BCUT2D eigenvalue weighted by Gasteiger charge is 2.35. The Kier molecular flexibility index (Phi) is 4.92. The van der Waals surface area contributed by atoms with Crippen molar-refractivity contribution in [3.63, 3.8) is 0 Å². The van der Waals surface area contributed by atoms with E-state index in [0.29, 0.717) is 0 Å². The van der Waals surface area contributed by atoms with Gasteiger partial charge < -0.3 is 20.7 Å². The third-order valence-electron chi connectivity index (χ3n) is 3.23. The minimum atomic E-state index is -0.626. The maximum Gasteiger partial charge on any atom is 0.260 e. The van der Waals surface area contributed by atoms with Crippen molar-refractivity contribution >= 4 is 17.7 Å². The lowest BCUT2D eigenvalue weighted by atomic mass is 9.99. The predicted molar refractivity (Wildman–Crippen MR) is 74.2 cm³/mol. The Hall–Kier alpha value is -2.64. The van der Waals surface area contributed by atoms with Crippen LogP contribution in [0.4, 0.5) is 4.39 Å². The molecule has 1 aromatic rings. The number of hydrogen-bond donors (Lipinski definition) is 2. The SMILES string of the molecule is NC(=O)CNC(=O)C1CN(C(=O)COc2ccccc2F)C1. The molecule has 7 nitrogen and oxygen atoms in total. The Balaban J connectivity index is 1.72. The van der Waals surface area contributed by atoms with Gasteiger partial charge in [0.15, 0.2) is 18.2 Å². The van der Waals surface area contributed by atoms with E-state index in [0.717, 1.165) is 0 Å². The molecule has 8 heteroatoms. The normalized spacial score (nSPS) is 14.1. The number of nitrogens with two attached hydrogens (primary N) is 1. The van der Waals surface area contributed by atoms with Crippen LogP contribution in [0.25, 0.3) is 0 Å². The summed E-state index contributed by atoms with van der Waals surface area (Å²) in [5, 5.41) is 2.38. The molecular formula is C14H16FN3O4. The average molecular weight is 309 g/mol. The lowest BCUT2D eigenvalue weighted by Crippen LogP contribution is -2.57. The molecule has 3 N–H and O–H groups in total. The summed E-state index contributed by atoms with van der Waals surface area (Å²) in [6, 6.07) is 5.79. The molecular weight excluding hydrogens is 293 g/mol. The fourth-order valence-corrected chi connectivity index (χ4v) is 1.96. The van der Waals surface area contributed by atoms with E-state index in [1.807, 2.05) is 0 Å². The van der Waals surface area contributed by atoms with E-state index in [2.05, 4.69) is 5.32 Å². The first-order valence-corrected chi connectivity index (χ1v) is 6.68. The van der Waals surface area contributed by atoms with Gasteiger partial charge in [0.2, 0.25) is 11.8 Å². The minimum absolute atomic E-state index is 0.00660. The number of rotatable bonds is 6. The van der Waals surface area contributed by atoms with Crippen LogP contribution >= 0.6 is 0 Å². The molecule has 1 fully saturated rings. The first-order chi connectivity index (χ1) is 10.5. The number of nitrogens with zero attached hydrogens (tertiary/aromatic N) is 1. The molecule has 0 radical (unpaired) electrons. The van der Waals surface area contributed by atoms with Gasteiger partial charge in [-0.1, -0.05) is 12.1 Å². The molecule has 1 heterocycles. The molecule has 1 aromatic carbocycles. The van der Waals surface area contributed by atoms with E-state index in [1.54, 1.807) is 6.07 Å². The number of halogens is 1. The van der Waals surface area contributed by atoms with E-state index in [4.69, 9.17) is 10.5 Å². The number of para-hydroxylation sites is 1. The summed E-state index contributed by atoms with van der Waals surface area (Å²) in [5.41, 5.74) is 4.92. The zero-order valence-corrected chi connectivity index (χ0v) is 11.8. The van der Waals surface area contributed by atoms with Gasteiger partial charge in [-0.3, -0.25) is 14.4 Å². The van der Waals surface area contributed by atoms with E-state index >= 15 is 0 Å². The van der Waals surface area contributed by atoms with Gasteiger partial charge in [-0.25, -0.2) is 4.39 Å². The second kappa shape index (κ2) is 6.88. The van der Waals surface area contributed by atoms with Gasteiger partial charge in [-0.15, -0.1) is 0 Å². The number of ether oxygens (including phenoxy) is 1. The zero-order valence-electron chi connectivity index (χ0n) is 11.8. The summed E-state index contributed by atoms with van der Waals surface area (Å²) in [6.07, 6.45) is 0. The second-order valence-electron chi connectivity index (χ2n) is 4.90. The zero-order chi connectivity index (χ0) is 16.1. The highest BCUT2D eigenvalue weighted by atomic mass is 19.1. The molecule has 0 aliphatic carbocycles. The number of benzene rings is 1. The lowest BCUT2D eigenvalue weighted by Gasteiger charge is -2.38. The maximum absolute atomic E-state index is 13.3. The molecule has 1 aliphatic rings. The van der Waals surface area contributed by atoms with Crippen molar-refractivity contribution in [1.29, 1.82) is 0 Å². The van der Waals surface area contributed by atoms with Crippen molar-refractivity contribution in [2.24, 2.45) is 11.7 Å². The molecule has 2 rings (SSSR count). The number of carbonyl (C=O) groups excluding carboxylic acids is 3. The quantitative estimate of drug-likeness (QED) is 0.723. The van der Waals surface area contributed by atoms with Gasteiger partial charge in [0, 0.05) is 13.1 Å². The molecule has 1 saturated heterocycles. The molecule has 0 unspecified atom stereocenters. The van der Waals surface area contributed by atoms with Crippen LogP contribution in [0.1, 0.15) is 0 Å². The topological polar surface area (TPSA) is 102 Å². The molecule has 22 heavy (non-hydrogen) atoms. The predicted octanol–water partition coefficient (Wildman–Crippen LogP) is -0.736. The summed E-state index contributed by atoms with van der Waals surface area (Å²) in [5.74, 6) is -2.18. The van der Waals surface area contributed by atoms with Crippen molar-refractivity contribution in [2.45, 2.75) is 0 Å².